The van der Waals surface area contributed by atoms with E-state index in [0.29, 0.717) is 30.1 Å². The summed E-state index contributed by atoms with van der Waals surface area (Å²) in [5.74, 6) is -0.781. The summed E-state index contributed by atoms with van der Waals surface area (Å²) in [5.41, 5.74) is 7.74. The van der Waals surface area contributed by atoms with E-state index in [4.69, 9.17) is 17.3 Å². The van der Waals surface area contributed by atoms with Gasteiger partial charge in [0.15, 0.2) is 0 Å². The molecule has 5 heteroatoms. The molecule has 0 aliphatic carbocycles. The van der Waals surface area contributed by atoms with Gasteiger partial charge in [0, 0.05) is 13.1 Å². The standard InChI is InChI=1S/C18H17ClN2O2/c19-16-7-6-13(12-4-2-1-3-5-12)10-15(16)18(23)21-9-8-14(11-21)17(20)22/h1-7,10,14H,8-9,11H2,(H2,20,22)/t14-/m0/s1. The summed E-state index contributed by atoms with van der Waals surface area (Å²) in [6, 6.07) is 15.2. The highest BCUT2D eigenvalue weighted by Crippen LogP contribution is 2.27. The summed E-state index contributed by atoms with van der Waals surface area (Å²) >= 11 is 6.22. The lowest BCUT2D eigenvalue weighted by Gasteiger charge is -2.17. The molecule has 1 atom stereocenters. The molecule has 2 aromatic carbocycles. The highest BCUT2D eigenvalue weighted by molar-refractivity contribution is 6.34. The van der Waals surface area contributed by atoms with E-state index in [1.807, 2.05) is 36.4 Å². The van der Waals surface area contributed by atoms with Crippen LogP contribution in [0.4, 0.5) is 0 Å². The van der Waals surface area contributed by atoms with Gasteiger partial charge in [-0.25, -0.2) is 0 Å². The normalized spacial score (nSPS) is 17.3. The van der Waals surface area contributed by atoms with Crippen molar-refractivity contribution in [3.05, 3.63) is 59.1 Å². The summed E-state index contributed by atoms with van der Waals surface area (Å²) < 4.78 is 0. The largest absolute Gasteiger partial charge is 0.369 e. The first-order chi connectivity index (χ1) is 11.1. The van der Waals surface area contributed by atoms with Crippen molar-refractivity contribution >= 4 is 23.4 Å². The van der Waals surface area contributed by atoms with Gasteiger partial charge in [-0.3, -0.25) is 9.59 Å². The van der Waals surface area contributed by atoms with Crippen molar-refractivity contribution in [1.82, 2.24) is 4.90 Å². The maximum Gasteiger partial charge on any atom is 0.255 e. The molecule has 1 saturated heterocycles. The second-order valence-corrected chi connectivity index (χ2v) is 6.11. The van der Waals surface area contributed by atoms with Crippen molar-refractivity contribution in [2.75, 3.05) is 13.1 Å². The topological polar surface area (TPSA) is 63.4 Å². The zero-order chi connectivity index (χ0) is 16.4. The average Bonchev–Trinajstić information content (AvgIpc) is 3.06. The third-order valence-corrected chi connectivity index (χ3v) is 4.51. The molecule has 0 unspecified atom stereocenters. The number of benzene rings is 2. The van der Waals surface area contributed by atoms with Crippen LogP contribution in [0.25, 0.3) is 11.1 Å². The summed E-state index contributed by atoms with van der Waals surface area (Å²) in [7, 11) is 0. The van der Waals surface area contributed by atoms with Crippen molar-refractivity contribution in [3.8, 4) is 11.1 Å². The van der Waals surface area contributed by atoms with E-state index >= 15 is 0 Å². The van der Waals surface area contributed by atoms with Crippen LogP contribution in [0, 0.1) is 5.92 Å². The van der Waals surface area contributed by atoms with Gasteiger partial charge in [-0.05, 0) is 29.7 Å². The molecule has 1 aliphatic heterocycles. The number of halogens is 1. The van der Waals surface area contributed by atoms with Gasteiger partial charge < -0.3 is 10.6 Å². The van der Waals surface area contributed by atoms with Crippen LogP contribution >= 0.6 is 11.6 Å². The monoisotopic (exact) mass is 328 g/mol. The molecule has 118 valence electrons. The third kappa shape index (κ3) is 3.22. The van der Waals surface area contributed by atoms with Gasteiger partial charge in [0.25, 0.3) is 5.91 Å². The van der Waals surface area contributed by atoms with Crippen LogP contribution in [0.15, 0.2) is 48.5 Å². The van der Waals surface area contributed by atoms with E-state index in [0.717, 1.165) is 11.1 Å². The number of primary amides is 1. The van der Waals surface area contributed by atoms with Gasteiger partial charge in [-0.2, -0.15) is 0 Å². The quantitative estimate of drug-likeness (QED) is 0.941. The predicted molar refractivity (Wildman–Crippen MR) is 90.1 cm³/mol. The molecule has 0 bridgehead atoms. The highest BCUT2D eigenvalue weighted by atomic mass is 35.5. The first-order valence-electron chi connectivity index (χ1n) is 7.50. The molecule has 1 heterocycles. The Hall–Kier alpha value is -2.33. The number of rotatable bonds is 3. The summed E-state index contributed by atoms with van der Waals surface area (Å²) in [6.07, 6.45) is 0.608. The Balaban J connectivity index is 1.88. The summed E-state index contributed by atoms with van der Waals surface area (Å²) in [4.78, 5) is 25.6. The van der Waals surface area contributed by atoms with E-state index < -0.39 is 0 Å². The fraction of sp³-hybridized carbons (Fsp3) is 0.222. The summed E-state index contributed by atoms with van der Waals surface area (Å²) in [6.45, 7) is 0.887. The maximum atomic E-state index is 12.7. The molecule has 3 rings (SSSR count). The van der Waals surface area contributed by atoms with Gasteiger partial charge in [-0.15, -0.1) is 0 Å². The van der Waals surface area contributed by atoms with E-state index in [1.54, 1.807) is 17.0 Å². The lowest BCUT2D eigenvalue weighted by Crippen LogP contribution is -2.31. The first-order valence-corrected chi connectivity index (χ1v) is 7.87. The number of nitrogens with zero attached hydrogens (tertiary/aromatic N) is 1. The number of carbonyl (C=O) groups excluding carboxylic acids is 2. The second-order valence-electron chi connectivity index (χ2n) is 5.70. The number of carbonyl (C=O) groups is 2. The first kappa shape index (κ1) is 15.6. The molecule has 4 nitrogen and oxygen atoms in total. The summed E-state index contributed by atoms with van der Waals surface area (Å²) in [5, 5.41) is 0.414. The molecular formula is C18H17ClN2O2. The molecule has 1 fully saturated rings. The molecule has 0 saturated carbocycles. The minimum Gasteiger partial charge on any atom is -0.369 e. The lowest BCUT2D eigenvalue weighted by atomic mass is 10.0. The highest BCUT2D eigenvalue weighted by Gasteiger charge is 2.31. The van der Waals surface area contributed by atoms with Crippen LogP contribution in [0.3, 0.4) is 0 Å². The van der Waals surface area contributed by atoms with Gasteiger partial charge in [0.1, 0.15) is 0 Å². The van der Waals surface area contributed by atoms with E-state index in [-0.39, 0.29) is 17.7 Å². The lowest BCUT2D eigenvalue weighted by molar-refractivity contribution is -0.121. The molecule has 0 spiro atoms. The zero-order valence-electron chi connectivity index (χ0n) is 12.5. The van der Waals surface area contributed by atoms with Crippen molar-refractivity contribution < 1.29 is 9.59 Å². The molecule has 2 amide bonds. The Morgan fingerprint density at radius 3 is 2.48 bits per heavy atom. The van der Waals surface area contributed by atoms with Crippen LogP contribution < -0.4 is 5.73 Å². The van der Waals surface area contributed by atoms with Crippen LogP contribution in [0.2, 0.25) is 5.02 Å². The molecule has 1 aliphatic rings. The van der Waals surface area contributed by atoms with Crippen LogP contribution in [-0.4, -0.2) is 29.8 Å². The fourth-order valence-electron chi connectivity index (χ4n) is 2.85. The number of likely N-dealkylation sites (tertiary alicyclic amines) is 1. The minimum absolute atomic E-state index is 0.156. The molecule has 0 aromatic heterocycles. The Kier molecular flexibility index (Phi) is 4.35. The van der Waals surface area contributed by atoms with Gasteiger partial charge >= 0.3 is 0 Å². The third-order valence-electron chi connectivity index (χ3n) is 4.18. The predicted octanol–water partition coefficient (Wildman–Crippen LogP) is 2.95. The van der Waals surface area contributed by atoms with Crippen LogP contribution in [0.5, 0.6) is 0 Å². The van der Waals surface area contributed by atoms with Gasteiger partial charge in [0.2, 0.25) is 5.91 Å². The number of nitrogens with two attached hydrogens (primary N) is 1. The average molecular weight is 329 g/mol. The second kappa shape index (κ2) is 6.42. The number of amides is 2. The van der Waals surface area contributed by atoms with Crippen LogP contribution in [0.1, 0.15) is 16.8 Å². The maximum absolute atomic E-state index is 12.7. The Morgan fingerprint density at radius 2 is 1.83 bits per heavy atom. The van der Waals surface area contributed by atoms with Crippen LogP contribution in [-0.2, 0) is 4.79 Å². The van der Waals surface area contributed by atoms with Gasteiger partial charge in [-0.1, -0.05) is 48.0 Å². The fourth-order valence-corrected chi connectivity index (χ4v) is 3.05. The molecular weight excluding hydrogens is 312 g/mol. The van der Waals surface area contributed by atoms with Crippen molar-refractivity contribution in [3.63, 3.8) is 0 Å². The molecule has 0 radical (unpaired) electrons. The number of hydrogen-bond acceptors (Lipinski definition) is 2. The number of hydrogen-bond donors (Lipinski definition) is 1. The molecule has 2 N–H and O–H groups in total. The van der Waals surface area contributed by atoms with Gasteiger partial charge in [0.05, 0.1) is 16.5 Å². The van der Waals surface area contributed by atoms with Crippen molar-refractivity contribution in [2.45, 2.75) is 6.42 Å². The molecule has 23 heavy (non-hydrogen) atoms. The van der Waals surface area contributed by atoms with Crippen molar-refractivity contribution in [2.24, 2.45) is 11.7 Å². The van der Waals surface area contributed by atoms with E-state index in [1.165, 1.54) is 0 Å². The van der Waals surface area contributed by atoms with Crippen molar-refractivity contribution in [1.29, 1.82) is 0 Å². The smallest absolute Gasteiger partial charge is 0.255 e. The Labute approximate surface area is 139 Å². The molecule has 2 aromatic rings. The zero-order valence-corrected chi connectivity index (χ0v) is 13.3. The van der Waals surface area contributed by atoms with E-state index in [2.05, 4.69) is 0 Å². The minimum atomic E-state index is -0.357. The SMILES string of the molecule is NC(=O)[C@H]1CCN(C(=O)c2cc(-c3ccccc3)ccc2Cl)C1. The van der Waals surface area contributed by atoms with E-state index in [9.17, 15) is 9.59 Å². The Bertz CT molecular complexity index is 746. The Morgan fingerprint density at radius 1 is 1.09 bits per heavy atom.